The van der Waals surface area contributed by atoms with Crippen molar-refractivity contribution >= 4 is 46.1 Å². The fourth-order valence-corrected chi connectivity index (χ4v) is 32.8. The highest BCUT2D eigenvalue weighted by atomic mass is 16.5. The molecule has 636 valence electrons. The molecule has 4 amide bonds. The van der Waals surface area contributed by atoms with E-state index in [2.05, 4.69) is 196 Å². The van der Waals surface area contributed by atoms with Gasteiger partial charge < -0.3 is 24.3 Å². The number of hydrogen-bond acceptors (Lipinski definition) is 9. The summed E-state index contributed by atoms with van der Waals surface area (Å²) in [5.74, 6) is 10.1. The van der Waals surface area contributed by atoms with Gasteiger partial charge >= 0.3 is 6.09 Å². The highest BCUT2D eigenvalue weighted by molar-refractivity contribution is 5.78. The molecule has 4 unspecified atom stereocenters. The Labute approximate surface area is 709 Å². The maximum atomic E-state index is 12.7. The minimum absolute atomic E-state index is 0.123. The first-order valence-corrected chi connectivity index (χ1v) is 47.6. The fourth-order valence-electron chi connectivity index (χ4n) is 32.8. The average Bonchev–Trinajstić information content (AvgIpc) is 1.44. The highest BCUT2D eigenvalue weighted by Gasteiger charge is 2.65. The molecule has 24 atom stereocenters. The maximum absolute atomic E-state index is 12.7. The van der Waals surface area contributed by atoms with Gasteiger partial charge in [0.05, 0.1) is 7.11 Å². The smallest absolute Gasteiger partial charge is 0.409 e. The van der Waals surface area contributed by atoms with E-state index < -0.39 is 0 Å². The largest absolute Gasteiger partial charge is 0.453 e. The van der Waals surface area contributed by atoms with Crippen LogP contribution in [0.5, 0.6) is 0 Å². The molecule has 0 N–H and O–H groups in total. The predicted octanol–water partition coefficient (Wildman–Crippen LogP) is 23.2. The number of aryl methyl sites for hydroxylation is 4. The Morgan fingerprint density at radius 3 is 0.856 bits per heavy atom. The Kier molecular flexibility index (Phi) is 22.5. The zero-order chi connectivity index (χ0) is 83.0. The van der Waals surface area contributed by atoms with Crippen molar-refractivity contribution < 1.29 is 23.9 Å². The number of carbonyl (C=O) groups is 4. The summed E-state index contributed by atoms with van der Waals surface area (Å²) in [6.07, 6.45) is 61.6. The molecule has 0 radical (unpaired) electrons. The van der Waals surface area contributed by atoms with Crippen molar-refractivity contribution in [1.82, 2.24) is 39.5 Å². The van der Waals surface area contributed by atoms with E-state index in [1.54, 1.807) is 30.6 Å². The lowest BCUT2D eigenvalue weighted by Gasteiger charge is -2.62. The molecule has 4 saturated heterocycles. The summed E-state index contributed by atoms with van der Waals surface area (Å²) >= 11 is 0. The number of hydrogen-bond donors (Lipinski definition) is 0. The second-order valence-electron chi connectivity index (χ2n) is 43.6. The van der Waals surface area contributed by atoms with Crippen molar-refractivity contribution in [2.45, 2.75) is 314 Å². The van der Waals surface area contributed by atoms with Crippen molar-refractivity contribution in [3.63, 3.8) is 0 Å². The van der Waals surface area contributed by atoms with Gasteiger partial charge in [0.1, 0.15) is 0 Å². The number of nitrogens with zero attached hydrogens (tertiary/aromatic N) is 8. The van der Waals surface area contributed by atoms with Crippen molar-refractivity contribution in [3.8, 4) is 0 Å². The molecule has 12 fully saturated rings. The van der Waals surface area contributed by atoms with E-state index in [-0.39, 0.29) is 45.0 Å². The molecule has 8 heterocycles. The normalized spacial score (nSPS) is 40.7. The van der Waals surface area contributed by atoms with Gasteiger partial charge in [0.15, 0.2) is 0 Å². The Morgan fingerprint density at radius 1 is 0.347 bits per heavy atom. The van der Waals surface area contributed by atoms with Crippen molar-refractivity contribution in [3.05, 3.63) is 143 Å². The maximum Gasteiger partial charge on any atom is 0.409 e. The SMILES string of the molecule is CC(=O)N1CCC[C@@]2(C)C1CC[C@@H]1[C@@H]2CC[C@]2(C)C(c3cncc(C)c3)=CC[C@@H]12.CC(=O)N1CCC[C@@]2(C)C1CC[C@@H]1[C@@H]2CC[C@]2(C)C(c3cncc(C)c3)=CC[C@@H]12.CCC(=O)N1CCC[C@@]2(C)C1CC[C@@H]1[C@@H]2CC[C@]2(C)C(c3cncc(C)c3)=CC[C@@H]12.COC(=O)N1CCC[C@@]2(C)C1CC[C@@H]1[C@@H]2CC[C@]2(C)C(c3cncc(C)c3)=CC[C@@H]12. The minimum atomic E-state index is -0.123. The second-order valence-corrected chi connectivity index (χ2v) is 43.6. The number of pyridine rings is 4. The lowest BCUT2D eigenvalue weighted by Crippen LogP contribution is -2.61. The summed E-state index contributed by atoms with van der Waals surface area (Å²) in [6, 6.07) is 11.0. The van der Waals surface area contributed by atoms with E-state index in [1.807, 2.05) is 31.7 Å². The van der Waals surface area contributed by atoms with Crippen LogP contribution in [0.15, 0.2) is 98.1 Å². The first-order valence-electron chi connectivity index (χ1n) is 47.6. The van der Waals surface area contributed by atoms with Crippen LogP contribution in [0.1, 0.15) is 307 Å². The fraction of sp³-hybridized carbons (Fsp3) is 0.695. The van der Waals surface area contributed by atoms with E-state index >= 15 is 0 Å². The van der Waals surface area contributed by atoms with Crippen LogP contribution in [0, 0.1) is 142 Å². The second kappa shape index (κ2) is 31.8. The number of piperidine rings is 4. The molecule has 4 aromatic rings. The third kappa shape index (κ3) is 13.7. The summed E-state index contributed by atoms with van der Waals surface area (Å²) < 4.78 is 5.15. The van der Waals surface area contributed by atoms with Gasteiger partial charge in [0.2, 0.25) is 17.7 Å². The van der Waals surface area contributed by atoms with Crippen LogP contribution in [0.25, 0.3) is 22.3 Å². The molecule has 118 heavy (non-hydrogen) atoms. The predicted molar refractivity (Wildman–Crippen MR) is 475 cm³/mol. The highest BCUT2D eigenvalue weighted by Crippen LogP contribution is 2.72. The summed E-state index contributed by atoms with van der Waals surface area (Å²) in [7, 11) is 1.53. The van der Waals surface area contributed by atoms with Crippen LogP contribution in [-0.4, -0.2) is 121 Å². The topological polar surface area (TPSA) is 142 Å². The zero-order valence-electron chi connectivity index (χ0n) is 75.4. The monoisotopic (exact) mass is 1600 g/mol. The average molecular weight is 1600 g/mol. The first kappa shape index (κ1) is 83.5. The summed E-state index contributed by atoms with van der Waals surface area (Å²) in [4.78, 5) is 76.6. The zero-order valence-corrected chi connectivity index (χ0v) is 75.4. The van der Waals surface area contributed by atoms with Crippen molar-refractivity contribution in [2.24, 2.45) is 114 Å². The number of aromatic nitrogens is 4. The molecule has 4 aromatic heterocycles. The minimum Gasteiger partial charge on any atom is -0.453 e. The lowest BCUT2D eigenvalue weighted by molar-refractivity contribution is -0.153. The molecule has 0 spiro atoms. The van der Waals surface area contributed by atoms with Crippen LogP contribution < -0.4 is 0 Å². The van der Waals surface area contributed by atoms with Crippen LogP contribution in [0.2, 0.25) is 0 Å². The molecular formula is C105H146N8O5. The number of allylic oxidation sites excluding steroid dienone is 8. The van der Waals surface area contributed by atoms with Gasteiger partial charge in [-0.2, -0.15) is 0 Å². The molecule has 12 aliphatic carbocycles. The summed E-state index contributed by atoms with van der Waals surface area (Å²) in [5.41, 5.74) is 18.8. The van der Waals surface area contributed by atoms with Crippen LogP contribution >= 0.6 is 0 Å². The molecule has 16 aliphatic rings. The summed E-state index contributed by atoms with van der Waals surface area (Å²) in [6.45, 7) is 38.2. The van der Waals surface area contributed by atoms with Gasteiger partial charge in [0, 0.05) is 120 Å². The van der Waals surface area contributed by atoms with Gasteiger partial charge in [-0.05, 0) is 413 Å². The van der Waals surface area contributed by atoms with E-state index in [4.69, 9.17) is 4.74 Å². The van der Waals surface area contributed by atoms with Gasteiger partial charge in [-0.25, -0.2) is 4.79 Å². The number of ether oxygens (including phenoxy) is 1. The Balaban J connectivity index is 0.000000113. The van der Waals surface area contributed by atoms with E-state index in [9.17, 15) is 19.2 Å². The van der Waals surface area contributed by atoms with Crippen LogP contribution in [0.3, 0.4) is 0 Å². The molecule has 13 nitrogen and oxygen atoms in total. The van der Waals surface area contributed by atoms with Crippen LogP contribution in [0.4, 0.5) is 4.79 Å². The number of amides is 4. The van der Waals surface area contributed by atoms with Gasteiger partial charge in [-0.15, -0.1) is 0 Å². The Bertz CT molecular complexity index is 4330. The molecule has 0 bridgehead atoms. The number of carbonyl (C=O) groups excluding carboxylic acids is 4. The van der Waals surface area contributed by atoms with E-state index in [1.165, 1.54) is 224 Å². The molecule has 0 aromatic carbocycles. The first-order chi connectivity index (χ1) is 56.4. The Hall–Kier alpha value is -6.76. The van der Waals surface area contributed by atoms with Gasteiger partial charge in [-0.3, -0.25) is 34.3 Å². The van der Waals surface area contributed by atoms with Gasteiger partial charge in [-0.1, -0.05) is 86.6 Å². The summed E-state index contributed by atoms with van der Waals surface area (Å²) in [5, 5.41) is 0. The van der Waals surface area contributed by atoms with Gasteiger partial charge in [0.25, 0.3) is 0 Å². The Morgan fingerprint density at radius 2 is 0.602 bits per heavy atom. The standard InChI is InChI=1S/C27H38N2O.C26H36N2O2.2C26H36N2O/c1-5-25(30)29-14-6-12-27(4)23-11-13-26(3)21(19-15-18(2)16-28-17-19)8-9-22(26)20(23)7-10-24(27)29;1-17-14-18(16-27-15-17)20-7-8-21-19-6-9-23-26(3,22(19)10-12-25(20,21)2)11-5-13-28(23)24(29)30-4;2*1-17-14-19(16-27-15-17)21-7-8-22-20-6-9-24-26(4,11-5-13-28(24)18(2)29)23(20)10-12-25(21,22)3/h8,15-17,20,22-24H,5-7,9-14H2,1-4H3;7,14-16,19,21-23H,5-6,8-13H2,1-4H3;2*7,14-16,20,22-24H,5-6,8-13H2,1-4H3/t20-,22-,23-,24?,26+,27+;19-,21-,22-,23?,25+,26+;2*20-,22-,23-,24?,25+,26+/m0000/s1. The van der Waals surface area contributed by atoms with Crippen molar-refractivity contribution in [2.75, 3.05) is 33.3 Å². The molecule has 8 saturated carbocycles. The quantitative estimate of drug-likeness (QED) is 0.191. The third-order valence-corrected chi connectivity index (χ3v) is 38.1. The number of fused-ring (bicyclic) bond motifs is 20. The third-order valence-electron chi connectivity index (χ3n) is 38.1. The molecule has 4 aliphatic heterocycles. The number of likely N-dealkylation sites (tertiary alicyclic amines) is 4. The molecule has 20 rings (SSSR count). The molecular weight excluding hydrogens is 1450 g/mol. The number of rotatable bonds is 5. The van der Waals surface area contributed by atoms with Crippen LogP contribution in [-0.2, 0) is 19.1 Å². The van der Waals surface area contributed by atoms with E-state index in [0.717, 1.165) is 104 Å². The number of methoxy groups -OCH3 is 1. The van der Waals surface area contributed by atoms with Crippen molar-refractivity contribution in [1.29, 1.82) is 0 Å². The molecule has 13 heteroatoms. The lowest BCUT2D eigenvalue weighted by atomic mass is 9.46. The van der Waals surface area contributed by atoms with E-state index in [0.29, 0.717) is 58.7 Å².